The Hall–Kier alpha value is -2.44. The van der Waals surface area contributed by atoms with Crippen LogP contribution in [0, 0.1) is 19.8 Å². The number of carbonyl (C=O) groups excluding carboxylic acids is 2. The molecule has 2 amide bonds. The number of aryl methyl sites for hydroxylation is 1. The molecule has 7 heteroatoms. The van der Waals surface area contributed by atoms with Crippen molar-refractivity contribution in [2.45, 2.75) is 59.0 Å². The lowest BCUT2D eigenvalue weighted by Gasteiger charge is -2.41. The van der Waals surface area contributed by atoms with Crippen molar-refractivity contribution in [1.29, 1.82) is 0 Å². The van der Waals surface area contributed by atoms with Crippen molar-refractivity contribution in [3.05, 3.63) is 57.9 Å². The Morgan fingerprint density at radius 2 is 1.91 bits per heavy atom. The summed E-state index contributed by atoms with van der Waals surface area (Å²) in [5.74, 6) is 0.365. The number of nitrogens with one attached hydrogen (secondary N) is 1. The Balaban J connectivity index is 1.42. The minimum Gasteiger partial charge on any atom is -0.337 e. The molecule has 4 rings (SSSR count). The number of hydrogen-bond donors (Lipinski definition) is 1. The van der Waals surface area contributed by atoms with Gasteiger partial charge in [0.05, 0.1) is 5.56 Å². The van der Waals surface area contributed by atoms with E-state index in [0.717, 1.165) is 55.8 Å². The highest BCUT2D eigenvalue weighted by Crippen LogP contribution is 2.30. The van der Waals surface area contributed by atoms with Gasteiger partial charge in [0.2, 0.25) is 5.91 Å². The van der Waals surface area contributed by atoms with Crippen LogP contribution in [0.3, 0.4) is 0 Å². The van der Waals surface area contributed by atoms with E-state index in [2.05, 4.69) is 27.0 Å². The highest BCUT2D eigenvalue weighted by Gasteiger charge is 2.33. The molecule has 2 aliphatic rings. The summed E-state index contributed by atoms with van der Waals surface area (Å²) in [6, 6.07) is 7.55. The topological polar surface area (TPSA) is 65.5 Å². The SMILES string of the molecule is Cc1ccc(C(=O)Nc2cc(Cl)cc(CN3CCN(C(=O)C4CCCC4)[C@@H](C)C3)c2C)cn1. The fourth-order valence-electron chi connectivity index (χ4n) is 4.98. The molecule has 1 saturated carbocycles. The number of nitrogens with zero attached hydrogens (tertiary/aromatic N) is 3. The molecule has 176 valence electrons. The van der Waals surface area contributed by atoms with Gasteiger partial charge in [-0.05, 0) is 69.0 Å². The third-order valence-electron chi connectivity index (χ3n) is 6.99. The second-order valence-electron chi connectivity index (χ2n) is 9.48. The van der Waals surface area contributed by atoms with E-state index in [1.807, 2.05) is 26.0 Å². The highest BCUT2D eigenvalue weighted by molar-refractivity contribution is 6.31. The van der Waals surface area contributed by atoms with Gasteiger partial charge in [0.15, 0.2) is 0 Å². The van der Waals surface area contributed by atoms with E-state index in [1.54, 1.807) is 18.3 Å². The van der Waals surface area contributed by atoms with Crippen LogP contribution in [0.2, 0.25) is 5.02 Å². The second kappa shape index (κ2) is 10.2. The normalized spacial score (nSPS) is 19.6. The van der Waals surface area contributed by atoms with E-state index in [-0.39, 0.29) is 17.9 Å². The van der Waals surface area contributed by atoms with Crippen LogP contribution in [0.1, 0.15) is 59.8 Å². The molecule has 0 bridgehead atoms. The van der Waals surface area contributed by atoms with Crippen molar-refractivity contribution in [3.8, 4) is 0 Å². The Labute approximate surface area is 201 Å². The maximum Gasteiger partial charge on any atom is 0.257 e. The number of halogens is 1. The number of carbonyl (C=O) groups is 2. The summed E-state index contributed by atoms with van der Waals surface area (Å²) in [5.41, 5.74) is 4.18. The average Bonchev–Trinajstić information content (AvgIpc) is 3.32. The zero-order chi connectivity index (χ0) is 23.5. The monoisotopic (exact) mass is 468 g/mol. The van der Waals surface area contributed by atoms with Crippen LogP contribution in [0.25, 0.3) is 0 Å². The largest absolute Gasteiger partial charge is 0.337 e. The van der Waals surface area contributed by atoms with E-state index in [1.165, 1.54) is 12.8 Å². The van der Waals surface area contributed by atoms with Crippen LogP contribution < -0.4 is 5.32 Å². The number of amides is 2. The van der Waals surface area contributed by atoms with Gasteiger partial charge in [-0.25, -0.2) is 0 Å². The van der Waals surface area contributed by atoms with Gasteiger partial charge in [0.25, 0.3) is 5.91 Å². The quantitative estimate of drug-likeness (QED) is 0.682. The summed E-state index contributed by atoms with van der Waals surface area (Å²) in [7, 11) is 0. The molecule has 2 aromatic rings. The summed E-state index contributed by atoms with van der Waals surface area (Å²) < 4.78 is 0. The fourth-order valence-corrected chi connectivity index (χ4v) is 5.22. The number of benzene rings is 1. The molecule has 1 N–H and O–H groups in total. The summed E-state index contributed by atoms with van der Waals surface area (Å²) in [6.45, 7) is 9.22. The molecule has 1 atom stereocenters. The molecule has 1 saturated heterocycles. The summed E-state index contributed by atoms with van der Waals surface area (Å²) in [4.78, 5) is 34.3. The van der Waals surface area contributed by atoms with Gasteiger partial charge in [0, 0.05) is 60.7 Å². The zero-order valence-electron chi connectivity index (χ0n) is 19.7. The molecule has 0 radical (unpaired) electrons. The van der Waals surface area contributed by atoms with Gasteiger partial charge in [-0.3, -0.25) is 19.5 Å². The van der Waals surface area contributed by atoms with Gasteiger partial charge in [0.1, 0.15) is 0 Å². The molecule has 0 spiro atoms. The predicted octanol–water partition coefficient (Wildman–Crippen LogP) is 4.83. The van der Waals surface area contributed by atoms with Crippen LogP contribution in [-0.4, -0.2) is 52.3 Å². The van der Waals surface area contributed by atoms with E-state index < -0.39 is 0 Å². The number of aromatic nitrogens is 1. The molecule has 1 aliphatic heterocycles. The van der Waals surface area contributed by atoms with Gasteiger partial charge < -0.3 is 10.2 Å². The molecule has 33 heavy (non-hydrogen) atoms. The first-order valence-corrected chi connectivity index (χ1v) is 12.3. The van der Waals surface area contributed by atoms with Crippen molar-refractivity contribution in [1.82, 2.24) is 14.8 Å². The summed E-state index contributed by atoms with van der Waals surface area (Å²) in [5, 5.41) is 3.59. The number of hydrogen-bond acceptors (Lipinski definition) is 4. The van der Waals surface area contributed by atoms with Crippen LogP contribution in [0.5, 0.6) is 0 Å². The third-order valence-corrected chi connectivity index (χ3v) is 7.21. The lowest BCUT2D eigenvalue weighted by molar-refractivity contribution is -0.140. The Bertz CT molecular complexity index is 1020. The van der Waals surface area contributed by atoms with Crippen molar-refractivity contribution >= 4 is 29.1 Å². The maximum atomic E-state index is 12.9. The van der Waals surface area contributed by atoms with Gasteiger partial charge in [-0.2, -0.15) is 0 Å². The Kier molecular flexibility index (Phi) is 7.35. The van der Waals surface area contributed by atoms with E-state index in [0.29, 0.717) is 22.2 Å². The minimum absolute atomic E-state index is 0.194. The van der Waals surface area contributed by atoms with Crippen molar-refractivity contribution in [2.24, 2.45) is 5.92 Å². The lowest BCUT2D eigenvalue weighted by Crippen LogP contribution is -2.54. The van der Waals surface area contributed by atoms with Gasteiger partial charge >= 0.3 is 0 Å². The first-order chi connectivity index (χ1) is 15.8. The van der Waals surface area contributed by atoms with E-state index >= 15 is 0 Å². The lowest BCUT2D eigenvalue weighted by atomic mass is 10.0. The van der Waals surface area contributed by atoms with Crippen molar-refractivity contribution < 1.29 is 9.59 Å². The highest BCUT2D eigenvalue weighted by atomic mass is 35.5. The van der Waals surface area contributed by atoms with Gasteiger partial charge in [-0.1, -0.05) is 24.4 Å². The molecule has 1 aromatic carbocycles. The molecule has 1 aliphatic carbocycles. The smallest absolute Gasteiger partial charge is 0.257 e. The Morgan fingerprint density at radius 3 is 2.58 bits per heavy atom. The predicted molar refractivity (Wildman–Crippen MR) is 132 cm³/mol. The van der Waals surface area contributed by atoms with Crippen LogP contribution in [0.4, 0.5) is 5.69 Å². The second-order valence-corrected chi connectivity index (χ2v) is 9.91. The standard InChI is InChI=1S/C26H33ClN4O2/c1-17-8-9-21(14-28-17)25(32)29-24-13-23(27)12-22(19(24)3)16-30-10-11-31(18(2)15-30)26(33)20-6-4-5-7-20/h8-9,12-14,18,20H,4-7,10-11,15-16H2,1-3H3,(H,29,32)/t18-/m0/s1. The minimum atomic E-state index is -0.202. The summed E-state index contributed by atoms with van der Waals surface area (Å²) >= 11 is 6.42. The first-order valence-electron chi connectivity index (χ1n) is 11.9. The average molecular weight is 469 g/mol. The van der Waals surface area contributed by atoms with E-state index in [4.69, 9.17) is 11.6 Å². The number of pyridine rings is 1. The Morgan fingerprint density at radius 1 is 1.15 bits per heavy atom. The number of rotatable bonds is 5. The van der Waals surface area contributed by atoms with Crippen LogP contribution in [0.15, 0.2) is 30.5 Å². The molecule has 6 nitrogen and oxygen atoms in total. The van der Waals surface area contributed by atoms with Crippen LogP contribution >= 0.6 is 11.6 Å². The number of piperazine rings is 1. The van der Waals surface area contributed by atoms with Crippen molar-refractivity contribution in [2.75, 3.05) is 25.0 Å². The van der Waals surface area contributed by atoms with Gasteiger partial charge in [-0.15, -0.1) is 0 Å². The zero-order valence-corrected chi connectivity index (χ0v) is 20.5. The molecular formula is C26H33ClN4O2. The van der Waals surface area contributed by atoms with E-state index in [9.17, 15) is 9.59 Å². The molecule has 2 fully saturated rings. The molecule has 1 aromatic heterocycles. The fraction of sp³-hybridized carbons (Fsp3) is 0.500. The molecule has 0 unspecified atom stereocenters. The van der Waals surface area contributed by atoms with Crippen molar-refractivity contribution in [3.63, 3.8) is 0 Å². The summed E-state index contributed by atoms with van der Waals surface area (Å²) in [6.07, 6.45) is 6.02. The number of anilines is 1. The first kappa shape index (κ1) is 23.7. The molecular weight excluding hydrogens is 436 g/mol. The van der Waals surface area contributed by atoms with Crippen LogP contribution in [-0.2, 0) is 11.3 Å². The maximum absolute atomic E-state index is 12.9. The third kappa shape index (κ3) is 5.56. The molecule has 2 heterocycles.